The minimum absolute atomic E-state index is 0.0804. The lowest BCUT2D eigenvalue weighted by Crippen LogP contribution is -2.15. The molecule has 1 unspecified atom stereocenters. The topological polar surface area (TPSA) is 20.2 Å². The zero-order chi connectivity index (χ0) is 21.9. The summed E-state index contributed by atoms with van der Waals surface area (Å²) in [5.74, 6) is -0.0532. The van der Waals surface area contributed by atoms with Crippen molar-refractivity contribution in [3.63, 3.8) is 0 Å². The molecule has 2 aromatic carbocycles. The van der Waals surface area contributed by atoms with Gasteiger partial charge in [0.1, 0.15) is 5.82 Å². The standard InChI is InChI=1S/C25H30F4O/c1-3-5-16-6-8-17(9-7-16)18-10-12-19(13-11-18)20-14-15-21(22(30)4-2)23(24(20)26)25(27,28)29/h10-17,22,30H,3-9H2,1-2H3. The van der Waals surface area contributed by atoms with E-state index < -0.39 is 29.2 Å². The van der Waals surface area contributed by atoms with Gasteiger partial charge >= 0.3 is 6.18 Å². The molecule has 1 nitrogen and oxygen atoms in total. The van der Waals surface area contributed by atoms with Crippen LogP contribution < -0.4 is 0 Å². The molecule has 1 N–H and O–H groups in total. The number of aliphatic hydroxyl groups excluding tert-OH is 1. The maximum atomic E-state index is 15.0. The molecule has 1 atom stereocenters. The SMILES string of the molecule is CCCC1CCC(c2ccc(-c3ccc(C(O)CC)c(C(F)(F)F)c3F)cc2)CC1. The minimum atomic E-state index is -4.87. The molecule has 0 saturated heterocycles. The van der Waals surface area contributed by atoms with Crippen molar-refractivity contribution in [1.82, 2.24) is 0 Å². The van der Waals surface area contributed by atoms with Gasteiger partial charge in [0.15, 0.2) is 0 Å². The van der Waals surface area contributed by atoms with Crippen LogP contribution in [-0.2, 0) is 6.18 Å². The van der Waals surface area contributed by atoms with Crippen LogP contribution in [0.15, 0.2) is 36.4 Å². The molecule has 0 aromatic heterocycles. The quantitative estimate of drug-likeness (QED) is 0.467. The van der Waals surface area contributed by atoms with Gasteiger partial charge in [-0.15, -0.1) is 0 Å². The third kappa shape index (κ3) is 4.88. The van der Waals surface area contributed by atoms with Gasteiger partial charge in [-0.1, -0.05) is 63.1 Å². The number of hydrogen-bond donors (Lipinski definition) is 1. The zero-order valence-corrected chi connectivity index (χ0v) is 17.6. The zero-order valence-electron chi connectivity index (χ0n) is 17.6. The lowest BCUT2D eigenvalue weighted by Gasteiger charge is -2.28. The summed E-state index contributed by atoms with van der Waals surface area (Å²) >= 11 is 0. The van der Waals surface area contributed by atoms with E-state index in [0.29, 0.717) is 11.5 Å². The second-order valence-electron chi connectivity index (χ2n) is 8.44. The number of aliphatic hydroxyl groups is 1. The van der Waals surface area contributed by atoms with Gasteiger partial charge < -0.3 is 5.11 Å². The Kier molecular flexibility index (Phi) is 7.22. The Balaban J connectivity index is 1.86. The van der Waals surface area contributed by atoms with Gasteiger partial charge in [0.25, 0.3) is 0 Å². The highest BCUT2D eigenvalue weighted by molar-refractivity contribution is 5.67. The van der Waals surface area contributed by atoms with Crippen molar-refractivity contribution in [2.75, 3.05) is 0 Å². The second kappa shape index (κ2) is 9.51. The van der Waals surface area contributed by atoms with Crippen molar-refractivity contribution in [2.45, 2.75) is 77.0 Å². The molecule has 1 fully saturated rings. The Bertz CT molecular complexity index is 833. The summed E-state index contributed by atoms with van der Waals surface area (Å²) in [6.45, 7) is 3.77. The van der Waals surface area contributed by atoms with Gasteiger partial charge in [0.2, 0.25) is 0 Å². The van der Waals surface area contributed by atoms with Crippen LogP contribution in [0.1, 0.15) is 87.5 Å². The molecule has 0 aliphatic heterocycles. The lowest BCUT2D eigenvalue weighted by molar-refractivity contribution is -0.141. The van der Waals surface area contributed by atoms with Crippen LogP contribution in [0.4, 0.5) is 17.6 Å². The fourth-order valence-corrected chi connectivity index (χ4v) is 4.73. The van der Waals surface area contributed by atoms with Gasteiger partial charge in [0.05, 0.1) is 11.7 Å². The summed E-state index contributed by atoms with van der Waals surface area (Å²) in [6, 6.07) is 9.79. The summed E-state index contributed by atoms with van der Waals surface area (Å²) in [7, 11) is 0. The number of rotatable bonds is 6. The summed E-state index contributed by atoms with van der Waals surface area (Å²) < 4.78 is 55.6. The van der Waals surface area contributed by atoms with Crippen LogP contribution in [0.25, 0.3) is 11.1 Å². The lowest BCUT2D eigenvalue weighted by atomic mass is 9.77. The number of benzene rings is 2. The van der Waals surface area contributed by atoms with Crippen molar-refractivity contribution in [3.8, 4) is 11.1 Å². The molecule has 0 bridgehead atoms. The van der Waals surface area contributed by atoms with Crippen LogP contribution in [0.3, 0.4) is 0 Å². The van der Waals surface area contributed by atoms with Crippen LogP contribution >= 0.6 is 0 Å². The van der Waals surface area contributed by atoms with Crippen LogP contribution in [0, 0.1) is 11.7 Å². The molecule has 0 radical (unpaired) electrons. The van der Waals surface area contributed by atoms with E-state index in [1.54, 1.807) is 19.1 Å². The van der Waals surface area contributed by atoms with Gasteiger partial charge in [-0.05, 0) is 60.6 Å². The Labute approximate surface area is 176 Å². The highest BCUT2D eigenvalue weighted by Crippen LogP contribution is 2.42. The number of hydrogen-bond acceptors (Lipinski definition) is 1. The Hall–Kier alpha value is -1.88. The molecule has 164 valence electrons. The maximum absolute atomic E-state index is 15.0. The van der Waals surface area contributed by atoms with E-state index in [0.717, 1.165) is 18.8 Å². The van der Waals surface area contributed by atoms with Crippen molar-refractivity contribution in [2.24, 2.45) is 5.92 Å². The Morgan fingerprint density at radius 1 is 0.967 bits per heavy atom. The molecule has 1 saturated carbocycles. The van der Waals surface area contributed by atoms with E-state index in [9.17, 15) is 22.7 Å². The highest BCUT2D eigenvalue weighted by Gasteiger charge is 2.39. The van der Waals surface area contributed by atoms with Gasteiger partial charge in [-0.25, -0.2) is 4.39 Å². The fourth-order valence-electron chi connectivity index (χ4n) is 4.73. The normalized spacial score (nSPS) is 20.9. The molecule has 0 heterocycles. The Morgan fingerprint density at radius 3 is 2.13 bits per heavy atom. The van der Waals surface area contributed by atoms with Crippen LogP contribution in [-0.4, -0.2) is 5.11 Å². The van der Waals surface area contributed by atoms with Crippen LogP contribution in [0.5, 0.6) is 0 Å². The van der Waals surface area contributed by atoms with Crippen molar-refractivity contribution >= 4 is 0 Å². The molecule has 0 spiro atoms. The molecular weight excluding hydrogens is 392 g/mol. The van der Waals surface area contributed by atoms with E-state index in [1.807, 2.05) is 12.1 Å². The number of halogens is 4. The Morgan fingerprint density at radius 2 is 1.60 bits per heavy atom. The van der Waals surface area contributed by atoms with Crippen molar-refractivity contribution in [1.29, 1.82) is 0 Å². The average Bonchev–Trinajstić information content (AvgIpc) is 2.73. The summed E-state index contributed by atoms with van der Waals surface area (Å²) in [4.78, 5) is 0. The molecular formula is C25H30F4O. The summed E-state index contributed by atoms with van der Waals surface area (Å²) in [6.07, 6.45) is 1.02. The summed E-state index contributed by atoms with van der Waals surface area (Å²) in [5, 5.41) is 9.93. The molecule has 3 rings (SSSR count). The molecule has 0 amide bonds. The first kappa shape index (κ1) is 22.8. The molecule has 1 aliphatic rings. The first-order valence-electron chi connectivity index (χ1n) is 10.9. The predicted molar refractivity (Wildman–Crippen MR) is 112 cm³/mol. The van der Waals surface area contributed by atoms with Gasteiger partial charge in [0, 0.05) is 5.56 Å². The molecule has 30 heavy (non-hydrogen) atoms. The van der Waals surface area contributed by atoms with E-state index in [4.69, 9.17) is 0 Å². The average molecular weight is 423 g/mol. The smallest absolute Gasteiger partial charge is 0.388 e. The highest BCUT2D eigenvalue weighted by atomic mass is 19.4. The number of alkyl halides is 3. The van der Waals surface area contributed by atoms with Gasteiger partial charge in [-0.2, -0.15) is 13.2 Å². The van der Waals surface area contributed by atoms with E-state index in [2.05, 4.69) is 6.92 Å². The largest absolute Gasteiger partial charge is 0.419 e. The first-order valence-corrected chi connectivity index (χ1v) is 10.9. The van der Waals surface area contributed by atoms with E-state index >= 15 is 0 Å². The second-order valence-corrected chi connectivity index (χ2v) is 8.44. The fraction of sp³-hybridized carbons (Fsp3) is 0.520. The minimum Gasteiger partial charge on any atom is -0.388 e. The summed E-state index contributed by atoms with van der Waals surface area (Å²) in [5.41, 5.74) is -0.283. The van der Waals surface area contributed by atoms with Crippen molar-refractivity contribution in [3.05, 3.63) is 58.9 Å². The van der Waals surface area contributed by atoms with Crippen molar-refractivity contribution < 1.29 is 22.7 Å². The van der Waals surface area contributed by atoms with E-state index in [-0.39, 0.29) is 12.0 Å². The third-order valence-electron chi connectivity index (χ3n) is 6.44. The van der Waals surface area contributed by atoms with E-state index in [1.165, 1.54) is 43.4 Å². The van der Waals surface area contributed by atoms with Gasteiger partial charge in [-0.3, -0.25) is 0 Å². The molecule has 2 aromatic rings. The third-order valence-corrected chi connectivity index (χ3v) is 6.44. The molecule has 5 heteroatoms. The predicted octanol–water partition coefficient (Wildman–Crippen LogP) is 8.03. The molecule has 1 aliphatic carbocycles. The monoisotopic (exact) mass is 422 g/mol. The van der Waals surface area contributed by atoms with Crippen LogP contribution in [0.2, 0.25) is 0 Å². The first-order chi connectivity index (χ1) is 14.3. The maximum Gasteiger partial charge on any atom is 0.419 e.